The molecule has 1 unspecified atom stereocenters. The van der Waals surface area contributed by atoms with Crippen molar-refractivity contribution in [2.75, 3.05) is 13.7 Å². The van der Waals surface area contributed by atoms with Crippen molar-refractivity contribution >= 4 is 27.5 Å². The Morgan fingerprint density at radius 2 is 2.25 bits per heavy atom. The number of carbonyl (C=O) groups is 1. The number of halogens is 1. The third-order valence-corrected chi connectivity index (χ3v) is 3.93. The highest BCUT2D eigenvalue weighted by Gasteiger charge is 2.17. The molecule has 1 atom stereocenters. The van der Waals surface area contributed by atoms with E-state index >= 15 is 0 Å². The molecule has 0 radical (unpaired) electrons. The Balaban J connectivity index is 2.71. The van der Waals surface area contributed by atoms with Gasteiger partial charge in [0.2, 0.25) is 0 Å². The molecular formula is C13H17BrN2O4. The Hall–Kier alpha value is -1.63. The van der Waals surface area contributed by atoms with Crippen LogP contribution in [0.2, 0.25) is 0 Å². The number of nitrogens with one attached hydrogen (secondary N) is 1. The zero-order valence-corrected chi connectivity index (χ0v) is 13.0. The largest absolute Gasteiger partial charge is 0.490 e. The Morgan fingerprint density at radius 1 is 1.55 bits per heavy atom. The first-order chi connectivity index (χ1) is 9.49. The first kappa shape index (κ1) is 16.4. The van der Waals surface area contributed by atoms with Gasteiger partial charge in [0.05, 0.1) is 12.0 Å². The van der Waals surface area contributed by atoms with Crippen molar-refractivity contribution in [3.63, 3.8) is 0 Å². The van der Waals surface area contributed by atoms with E-state index in [1.807, 2.05) is 0 Å². The van der Waals surface area contributed by atoms with Crippen LogP contribution in [0.4, 0.5) is 5.69 Å². The Bertz CT molecular complexity index is 493. The highest BCUT2D eigenvalue weighted by molar-refractivity contribution is 9.09. The topological polar surface area (TPSA) is 81.5 Å². The first-order valence-corrected chi connectivity index (χ1v) is 7.15. The molecule has 110 valence electrons. The second kappa shape index (κ2) is 7.84. The molecule has 1 aromatic carbocycles. The maximum atomic E-state index is 11.9. The predicted octanol–water partition coefficient (Wildman–Crippen LogP) is 2.90. The number of nitro groups is 1. The normalized spacial score (nSPS) is 11.8. The molecule has 1 amide bonds. The van der Waals surface area contributed by atoms with Crippen molar-refractivity contribution in [3.05, 3.63) is 33.9 Å². The van der Waals surface area contributed by atoms with Crippen LogP contribution in [0.1, 0.15) is 30.1 Å². The molecule has 0 aliphatic heterocycles. The lowest BCUT2D eigenvalue weighted by Crippen LogP contribution is -2.26. The fourth-order valence-electron chi connectivity index (χ4n) is 1.62. The van der Waals surface area contributed by atoms with E-state index in [0.29, 0.717) is 16.9 Å². The quantitative estimate of drug-likeness (QED) is 0.468. The summed E-state index contributed by atoms with van der Waals surface area (Å²) in [6.07, 6.45) is 1.81. The predicted molar refractivity (Wildman–Crippen MR) is 79.6 cm³/mol. The molecule has 1 rings (SSSR count). The monoisotopic (exact) mass is 344 g/mol. The lowest BCUT2D eigenvalue weighted by atomic mass is 10.1. The standard InChI is InChI=1S/C13H17BrN2O4/c1-3-10(14)6-7-15-13(17)9-4-5-11(16(18)19)12(8-9)20-2/h4-5,8,10H,3,6-7H2,1-2H3,(H,15,17). The first-order valence-electron chi connectivity index (χ1n) is 6.24. The number of ether oxygens (including phenoxy) is 1. The van der Waals surface area contributed by atoms with Gasteiger partial charge in [0.25, 0.3) is 5.91 Å². The SMILES string of the molecule is CCC(Br)CCNC(=O)c1ccc([N+](=O)[O-])c(OC)c1. The number of hydrogen-bond donors (Lipinski definition) is 1. The summed E-state index contributed by atoms with van der Waals surface area (Å²) in [6.45, 7) is 2.60. The van der Waals surface area contributed by atoms with E-state index in [4.69, 9.17) is 4.74 Å². The molecule has 0 aliphatic carbocycles. The van der Waals surface area contributed by atoms with Crippen molar-refractivity contribution in [1.82, 2.24) is 5.32 Å². The van der Waals surface area contributed by atoms with Gasteiger partial charge in [0.1, 0.15) is 0 Å². The van der Waals surface area contributed by atoms with Gasteiger partial charge >= 0.3 is 5.69 Å². The molecule has 0 aliphatic rings. The second-order valence-corrected chi connectivity index (χ2v) is 5.49. The zero-order chi connectivity index (χ0) is 15.1. The molecule has 1 N–H and O–H groups in total. The van der Waals surface area contributed by atoms with E-state index in [9.17, 15) is 14.9 Å². The minimum Gasteiger partial charge on any atom is -0.490 e. The minimum absolute atomic E-state index is 0.0783. The summed E-state index contributed by atoms with van der Waals surface area (Å²) in [5.74, 6) is -0.191. The van der Waals surface area contributed by atoms with E-state index in [-0.39, 0.29) is 17.3 Å². The van der Waals surface area contributed by atoms with Gasteiger partial charge in [-0.3, -0.25) is 14.9 Å². The molecule has 20 heavy (non-hydrogen) atoms. The van der Waals surface area contributed by atoms with Crippen LogP contribution in [0.15, 0.2) is 18.2 Å². The third kappa shape index (κ3) is 4.48. The molecule has 6 nitrogen and oxygen atoms in total. The summed E-state index contributed by atoms with van der Waals surface area (Å²) in [5.41, 5.74) is 0.186. The van der Waals surface area contributed by atoms with Crippen molar-refractivity contribution in [2.45, 2.75) is 24.6 Å². The summed E-state index contributed by atoms with van der Waals surface area (Å²) >= 11 is 3.49. The van der Waals surface area contributed by atoms with Crippen molar-refractivity contribution < 1.29 is 14.5 Å². The smallest absolute Gasteiger partial charge is 0.310 e. The fraction of sp³-hybridized carbons (Fsp3) is 0.462. The van der Waals surface area contributed by atoms with Gasteiger partial charge in [-0.15, -0.1) is 0 Å². The molecule has 0 heterocycles. The van der Waals surface area contributed by atoms with Gasteiger partial charge in [-0.05, 0) is 18.9 Å². The maximum absolute atomic E-state index is 11.9. The van der Waals surface area contributed by atoms with E-state index < -0.39 is 4.92 Å². The molecule has 1 aromatic rings. The molecule has 0 bridgehead atoms. The Kier molecular flexibility index (Phi) is 6.44. The van der Waals surface area contributed by atoms with Gasteiger partial charge in [-0.2, -0.15) is 0 Å². The highest BCUT2D eigenvalue weighted by atomic mass is 79.9. The van der Waals surface area contributed by atoms with E-state index in [0.717, 1.165) is 12.8 Å². The van der Waals surface area contributed by atoms with Crippen LogP contribution in [0.25, 0.3) is 0 Å². The number of amides is 1. The van der Waals surface area contributed by atoms with E-state index in [2.05, 4.69) is 28.2 Å². The van der Waals surface area contributed by atoms with Gasteiger partial charge in [-0.25, -0.2) is 0 Å². The summed E-state index contributed by atoms with van der Waals surface area (Å²) in [4.78, 5) is 22.5. The Morgan fingerprint density at radius 3 is 2.80 bits per heavy atom. The fourth-order valence-corrected chi connectivity index (χ4v) is 1.85. The van der Waals surface area contributed by atoms with E-state index in [1.165, 1.54) is 25.3 Å². The zero-order valence-electron chi connectivity index (χ0n) is 11.4. The number of benzene rings is 1. The van der Waals surface area contributed by atoms with E-state index in [1.54, 1.807) is 0 Å². The number of nitrogens with zero attached hydrogens (tertiary/aromatic N) is 1. The van der Waals surface area contributed by atoms with Crippen LogP contribution in [0.5, 0.6) is 5.75 Å². The third-order valence-electron chi connectivity index (χ3n) is 2.82. The Labute approximate surface area is 125 Å². The molecule has 0 saturated heterocycles. The van der Waals surface area contributed by atoms with Crippen molar-refractivity contribution in [2.24, 2.45) is 0 Å². The summed E-state index contributed by atoms with van der Waals surface area (Å²) in [5, 5.41) is 13.5. The van der Waals surface area contributed by atoms with Gasteiger partial charge in [0.15, 0.2) is 5.75 Å². The molecule has 0 spiro atoms. The van der Waals surface area contributed by atoms with Crippen LogP contribution in [0.3, 0.4) is 0 Å². The van der Waals surface area contributed by atoms with Gasteiger partial charge in [0, 0.05) is 29.1 Å². The van der Waals surface area contributed by atoms with Crippen LogP contribution in [-0.2, 0) is 0 Å². The molecule has 0 saturated carbocycles. The summed E-state index contributed by atoms with van der Waals surface area (Å²) < 4.78 is 4.93. The number of hydrogen-bond acceptors (Lipinski definition) is 4. The van der Waals surface area contributed by atoms with Crippen molar-refractivity contribution in [1.29, 1.82) is 0 Å². The summed E-state index contributed by atoms with van der Waals surface area (Å²) in [7, 11) is 1.33. The van der Waals surface area contributed by atoms with Gasteiger partial charge in [-0.1, -0.05) is 22.9 Å². The van der Waals surface area contributed by atoms with Gasteiger partial charge < -0.3 is 10.1 Å². The summed E-state index contributed by atoms with van der Waals surface area (Å²) in [6, 6.07) is 4.06. The average Bonchev–Trinajstić information content (AvgIpc) is 2.45. The number of nitro benzene ring substituents is 1. The van der Waals surface area contributed by atoms with Crippen LogP contribution < -0.4 is 10.1 Å². The number of rotatable bonds is 7. The van der Waals surface area contributed by atoms with Crippen LogP contribution in [0, 0.1) is 10.1 Å². The maximum Gasteiger partial charge on any atom is 0.310 e. The molecule has 0 aromatic heterocycles. The molecule has 0 fully saturated rings. The number of alkyl halides is 1. The van der Waals surface area contributed by atoms with Crippen LogP contribution >= 0.6 is 15.9 Å². The number of methoxy groups -OCH3 is 1. The average molecular weight is 345 g/mol. The number of carbonyl (C=O) groups excluding carboxylic acids is 1. The molecular weight excluding hydrogens is 328 g/mol. The second-order valence-electron chi connectivity index (χ2n) is 4.19. The lowest BCUT2D eigenvalue weighted by molar-refractivity contribution is -0.385. The highest BCUT2D eigenvalue weighted by Crippen LogP contribution is 2.27. The molecule has 7 heteroatoms. The minimum atomic E-state index is -0.544. The lowest BCUT2D eigenvalue weighted by Gasteiger charge is -2.09. The van der Waals surface area contributed by atoms with Crippen molar-refractivity contribution in [3.8, 4) is 5.75 Å². The van der Waals surface area contributed by atoms with Crippen LogP contribution in [-0.4, -0.2) is 29.3 Å².